The molecule has 1 aromatic heterocycles. The monoisotopic (exact) mass is 307 g/mol. The van der Waals surface area contributed by atoms with Crippen LogP contribution in [0.5, 0.6) is 0 Å². The van der Waals surface area contributed by atoms with Crippen LogP contribution in [0.1, 0.15) is 5.56 Å². The van der Waals surface area contributed by atoms with Crippen molar-refractivity contribution in [2.45, 2.75) is 11.3 Å². The van der Waals surface area contributed by atoms with Crippen molar-refractivity contribution in [1.29, 1.82) is 5.26 Å². The first-order valence-electron chi connectivity index (χ1n) is 6.76. The van der Waals surface area contributed by atoms with E-state index in [-0.39, 0.29) is 5.91 Å². The van der Waals surface area contributed by atoms with Gasteiger partial charge in [0.25, 0.3) is 0 Å². The van der Waals surface area contributed by atoms with Crippen molar-refractivity contribution < 1.29 is 4.79 Å². The third kappa shape index (κ3) is 3.30. The molecular weight excluding hydrogens is 294 g/mol. The fraction of sp³-hybridized carbons (Fsp3) is 0.0588. The number of thioether (sulfide) groups is 1. The first kappa shape index (κ1) is 14.2. The number of aromatic nitrogens is 1. The molecular formula is C17H13N3OS. The van der Waals surface area contributed by atoms with E-state index >= 15 is 0 Å². The summed E-state index contributed by atoms with van der Waals surface area (Å²) >= 11 is 1.10. The number of benzene rings is 2. The molecule has 2 aromatic carbocycles. The Morgan fingerprint density at radius 1 is 1.18 bits per heavy atom. The third-order valence-electron chi connectivity index (χ3n) is 3.28. The summed E-state index contributed by atoms with van der Waals surface area (Å²) < 4.78 is 0. The highest BCUT2D eigenvalue weighted by Gasteiger charge is 2.05. The maximum atomic E-state index is 12.1. The minimum atomic E-state index is -0.0597. The zero-order valence-electron chi connectivity index (χ0n) is 11.7. The van der Waals surface area contributed by atoms with Gasteiger partial charge in [-0.3, -0.25) is 4.79 Å². The van der Waals surface area contributed by atoms with Crippen LogP contribution in [-0.2, 0) is 11.2 Å². The summed E-state index contributed by atoms with van der Waals surface area (Å²) in [6.45, 7) is 0. The van der Waals surface area contributed by atoms with Gasteiger partial charge in [-0.25, -0.2) is 0 Å². The molecule has 108 valence electrons. The van der Waals surface area contributed by atoms with Crippen LogP contribution in [0.25, 0.3) is 10.9 Å². The number of carbonyl (C=O) groups is 1. The van der Waals surface area contributed by atoms with Crippen LogP contribution in [-0.4, -0.2) is 10.9 Å². The maximum Gasteiger partial charge on any atom is 0.228 e. The summed E-state index contributed by atoms with van der Waals surface area (Å²) in [5.41, 5.74) is 2.77. The summed E-state index contributed by atoms with van der Waals surface area (Å²) in [7, 11) is 0. The number of H-pyrrole nitrogens is 1. The van der Waals surface area contributed by atoms with Crippen molar-refractivity contribution in [3.8, 4) is 5.40 Å². The normalized spacial score (nSPS) is 10.3. The van der Waals surface area contributed by atoms with Gasteiger partial charge in [0.1, 0.15) is 5.40 Å². The highest BCUT2D eigenvalue weighted by Crippen LogP contribution is 2.19. The molecule has 0 aliphatic carbocycles. The Balaban J connectivity index is 1.65. The molecule has 0 saturated heterocycles. The number of nitriles is 1. The second-order valence-electron chi connectivity index (χ2n) is 4.84. The average Bonchev–Trinajstić information content (AvgIpc) is 2.97. The molecule has 0 aliphatic heterocycles. The van der Waals surface area contributed by atoms with E-state index in [0.717, 1.165) is 38.8 Å². The SMILES string of the molecule is N#CSc1ccc(NC(=O)Cc2ccc3[nH]ccc3c2)cc1. The van der Waals surface area contributed by atoms with E-state index in [4.69, 9.17) is 5.26 Å². The van der Waals surface area contributed by atoms with Gasteiger partial charge < -0.3 is 10.3 Å². The Kier molecular flexibility index (Phi) is 4.12. The van der Waals surface area contributed by atoms with E-state index in [1.54, 1.807) is 12.1 Å². The molecule has 0 fully saturated rings. The van der Waals surface area contributed by atoms with Crippen LogP contribution in [0.15, 0.2) is 59.6 Å². The number of rotatable bonds is 4. The molecule has 0 aliphatic rings. The van der Waals surface area contributed by atoms with Crippen molar-refractivity contribution in [1.82, 2.24) is 4.98 Å². The fourth-order valence-electron chi connectivity index (χ4n) is 2.26. The third-order valence-corrected chi connectivity index (χ3v) is 3.88. The number of amides is 1. The van der Waals surface area contributed by atoms with Crippen molar-refractivity contribution in [3.05, 3.63) is 60.3 Å². The number of hydrogen-bond acceptors (Lipinski definition) is 3. The standard InChI is InChI=1S/C17H13N3OS/c18-11-22-15-4-2-14(3-5-15)20-17(21)10-12-1-6-16-13(9-12)7-8-19-16/h1-9,19H,10H2,(H,20,21). The average molecular weight is 307 g/mol. The highest BCUT2D eigenvalue weighted by molar-refractivity contribution is 8.03. The van der Waals surface area contributed by atoms with Crippen LogP contribution in [0.4, 0.5) is 5.69 Å². The molecule has 3 aromatic rings. The molecule has 0 saturated carbocycles. The Bertz CT molecular complexity index is 846. The van der Waals surface area contributed by atoms with Crippen molar-refractivity contribution >= 4 is 34.3 Å². The predicted molar refractivity (Wildman–Crippen MR) is 88.5 cm³/mol. The largest absolute Gasteiger partial charge is 0.361 e. The van der Waals surface area contributed by atoms with Crippen molar-refractivity contribution in [2.24, 2.45) is 0 Å². The van der Waals surface area contributed by atoms with E-state index in [1.807, 2.05) is 48.0 Å². The number of thiocyanates is 1. The van der Waals surface area contributed by atoms with Crippen LogP contribution in [0.3, 0.4) is 0 Å². The van der Waals surface area contributed by atoms with E-state index in [2.05, 4.69) is 10.3 Å². The molecule has 4 nitrogen and oxygen atoms in total. The second-order valence-corrected chi connectivity index (χ2v) is 5.70. The van der Waals surface area contributed by atoms with E-state index in [9.17, 15) is 4.79 Å². The number of anilines is 1. The Morgan fingerprint density at radius 2 is 2.00 bits per heavy atom. The van der Waals surface area contributed by atoms with Crippen molar-refractivity contribution in [3.63, 3.8) is 0 Å². The smallest absolute Gasteiger partial charge is 0.228 e. The Morgan fingerprint density at radius 3 is 2.77 bits per heavy atom. The number of fused-ring (bicyclic) bond motifs is 1. The van der Waals surface area contributed by atoms with E-state index < -0.39 is 0 Å². The first-order chi connectivity index (χ1) is 10.7. The van der Waals surface area contributed by atoms with Crippen LogP contribution >= 0.6 is 11.8 Å². The quantitative estimate of drug-likeness (QED) is 0.567. The topological polar surface area (TPSA) is 68.7 Å². The zero-order valence-corrected chi connectivity index (χ0v) is 12.5. The Labute approximate surface area is 132 Å². The van der Waals surface area contributed by atoms with Gasteiger partial charge in [-0.05, 0) is 65.2 Å². The van der Waals surface area contributed by atoms with Gasteiger partial charge in [0.15, 0.2) is 0 Å². The molecule has 3 rings (SSSR count). The van der Waals surface area contributed by atoms with Crippen LogP contribution in [0, 0.1) is 10.7 Å². The summed E-state index contributed by atoms with van der Waals surface area (Å²) in [6, 6.07) is 15.2. The molecule has 0 spiro atoms. The molecule has 0 atom stereocenters. The summed E-state index contributed by atoms with van der Waals surface area (Å²) in [4.78, 5) is 16.1. The molecule has 1 heterocycles. The van der Waals surface area contributed by atoms with Gasteiger partial charge in [0.05, 0.1) is 6.42 Å². The minimum absolute atomic E-state index is 0.0597. The second kappa shape index (κ2) is 6.37. The molecule has 0 radical (unpaired) electrons. The number of hydrogen-bond donors (Lipinski definition) is 2. The molecule has 22 heavy (non-hydrogen) atoms. The van der Waals surface area contributed by atoms with E-state index in [1.165, 1.54) is 0 Å². The van der Waals surface area contributed by atoms with Gasteiger partial charge in [0, 0.05) is 22.3 Å². The number of nitrogens with zero attached hydrogens (tertiary/aromatic N) is 1. The first-order valence-corrected chi connectivity index (χ1v) is 7.58. The summed E-state index contributed by atoms with van der Waals surface area (Å²) in [5.74, 6) is -0.0597. The predicted octanol–water partition coefficient (Wildman–Crippen LogP) is 3.92. The lowest BCUT2D eigenvalue weighted by molar-refractivity contribution is -0.115. The van der Waals surface area contributed by atoms with Gasteiger partial charge in [-0.15, -0.1) is 0 Å². The summed E-state index contributed by atoms with van der Waals surface area (Å²) in [5, 5.41) is 14.6. The maximum absolute atomic E-state index is 12.1. The molecule has 1 amide bonds. The minimum Gasteiger partial charge on any atom is -0.361 e. The van der Waals surface area contributed by atoms with Crippen molar-refractivity contribution in [2.75, 3.05) is 5.32 Å². The fourth-order valence-corrected chi connectivity index (χ4v) is 2.64. The van der Waals surface area contributed by atoms with Gasteiger partial charge in [0.2, 0.25) is 5.91 Å². The number of aromatic amines is 1. The van der Waals surface area contributed by atoms with Gasteiger partial charge in [-0.2, -0.15) is 5.26 Å². The lowest BCUT2D eigenvalue weighted by Crippen LogP contribution is -2.14. The zero-order chi connectivity index (χ0) is 15.4. The molecule has 0 unspecified atom stereocenters. The summed E-state index contributed by atoms with van der Waals surface area (Å²) in [6.07, 6.45) is 2.21. The molecule has 2 N–H and O–H groups in total. The van der Waals surface area contributed by atoms with Gasteiger partial charge >= 0.3 is 0 Å². The number of nitrogens with one attached hydrogen (secondary N) is 2. The van der Waals surface area contributed by atoms with Crippen LogP contribution < -0.4 is 5.32 Å². The molecule has 0 bridgehead atoms. The number of carbonyl (C=O) groups excluding carboxylic acids is 1. The Hall–Kier alpha value is -2.71. The molecule has 5 heteroatoms. The lowest BCUT2D eigenvalue weighted by Gasteiger charge is -2.06. The lowest BCUT2D eigenvalue weighted by atomic mass is 10.1. The van der Waals surface area contributed by atoms with E-state index in [0.29, 0.717) is 6.42 Å². The van der Waals surface area contributed by atoms with Crippen LogP contribution in [0.2, 0.25) is 0 Å². The highest BCUT2D eigenvalue weighted by atomic mass is 32.2. The van der Waals surface area contributed by atoms with Gasteiger partial charge in [-0.1, -0.05) is 6.07 Å².